The van der Waals surface area contributed by atoms with Crippen LogP contribution in [0.4, 0.5) is 5.69 Å². The molecule has 2 aliphatic rings. The molecule has 116 valence electrons. The lowest BCUT2D eigenvalue weighted by Gasteiger charge is -2.47. The van der Waals surface area contributed by atoms with Crippen molar-refractivity contribution < 1.29 is 0 Å². The van der Waals surface area contributed by atoms with Crippen LogP contribution >= 0.6 is 0 Å². The molecule has 3 atom stereocenters. The van der Waals surface area contributed by atoms with Crippen LogP contribution in [0.5, 0.6) is 0 Å². The van der Waals surface area contributed by atoms with Crippen LogP contribution in [-0.2, 0) is 0 Å². The van der Waals surface area contributed by atoms with Crippen LogP contribution in [0.25, 0.3) is 0 Å². The lowest BCUT2D eigenvalue weighted by molar-refractivity contribution is 0.102. The van der Waals surface area contributed by atoms with E-state index in [0.717, 1.165) is 18.4 Å². The summed E-state index contributed by atoms with van der Waals surface area (Å²) in [6, 6.07) is 9.70. The molecule has 0 aliphatic carbocycles. The van der Waals surface area contributed by atoms with Gasteiger partial charge in [-0.05, 0) is 56.8 Å². The van der Waals surface area contributed by atoms with Crippen LogP contribution in [0, 0.1) is 5.92 Å². The minimum absolute atomic E-state index is 0.160. The Bertz CT molecular complexity index is 473. The van der Waals surface area contributed by atoms with Gasteiger partial charge in [0.25, 0.3) is 0 Å². The molecule has 2 fully saturated rings. The summed E-state index contributed by atoms with van der Waals surface area (Å²) in [5.41, 5.74) is 9.02. The Hall–Kier alpha value is -1.06. The summed E-state index contributed by atoms with van der Waals surface area (Å²) in [5, 5.41) is 0. The second-order valence-electron chi connectivity index (χ2n) is 6.76. The molecule has 2 heterocycles. The standard InChI is InChI=1S/C18H29N3/c1-3-16(19)15-8-4-5-9-18(15)21-12-10-17-14(13-21)7-6-11-20(17)2/h4-5,8-9,14,16-17H,3,6-7,10-13,19H2,1-2H3/t14?,16-,17?/m0/s1. The Morgan fingerprint density at radius 2 is 2.05 bits per heavy atom. The fourth-order valence-electron chi connectivity index (χ4n) is 4.18. The molecule has 3 rings (SSSR count). The van der Waals surface area contributed by atoms with E-state index in [-0.39, 0.29) is 6.04 Å². The molecule has 0 spiro atoms. The quantitative estimate of drug-likeness (QED) is 0.927. The molecular formula is C18H29N3. The Balaban J connectivity index is 1.79. The molecule has 1 aromatic rings. The van der Waals surface area contributed by atoms with Gasteiger partial charge in [0, 0.05) is 30.9 Å². The summed E-state index contributed by atoms with van der Waals surface area (Å²) < 4.78 is 0. The first-order valence-electron chi connectivity index (χ1n) is 8.50. The first-order chi connectivity index (χ1) is 10.2. The van der Waals surface area contributed by atoms with E-state index in [2.05, 4.69) is 48.0 Å². The average molecular weight is 287 g/mol. The predicted molar refractivity (Wildman–Crippen MR) is 89.6 cm³/mol. The highest BCUT2D eigenvalue weighted by Crippen LogP contribution is 2.34. The van der Waals surface area contributed by atoms with E-state index in [4.69, 9.17) is 5.73 Å². The van der Waals surface area contributed by atoms with Gasteiger partial charge in [-0.1, -0.05) is 25.1 Å². The highest BCUT2D eigenvalue weighted by Gasteiger charge is 2.34. The molecule has 0 aromatic heterocycles. The SMILES string of the molecule is CC[C@H](N)c1ccccc1N1CCC2C(CCCN2C)C1. The number of para-hydroxylation sites is 1. The molecule has 2 saturated heterocycles. The summed E-state index contributed by atoms with van der Waals surface area (Å²) in [4.78, 5) is 5.17. The van der Waals surface area contributed by atoms with Crippen LogP contribution in [0.3, 0.4) is 0 Å². The Kier molecular flexibility index (Phi) is 4.51. The zero-order valence-corrected chi connectivity index (χ0v) is 13.5. The molecule has 0 saturated carbocycles. The van der Waals surface area contributed by atoms with Gasteiger partial charge >= 0.3 is 0 Å². The molecule has 2 aliphatic heterocycles. The van der Waals surface area contributed by atoms with Crippen molar-refractivity contribution in [3.8, 4) is 0 Å². The maximum Gasteiger partial charge on any atom is 0.0414 e. The van der Waals surface area contributed by atoms with E-state index in [9.17, 15) is 0 Å². The van der Waals surface area contributed by atoms with E-state index >= 15 is 0 Å². The number of hydrogen-bond acceptors (Lipinski definition) is 3. The van der Waals surface area contributed by atoms with Crippen molar-refractivity contribution in [2.24, 2.45) is 11.7 Å². The molecule has 0 amide bonds. The molecule has 0 bridgehead atoms. The summed E-state index contributed by atoms with van der Waals surface area (Å²) in [6.07, 6.45) is 5.02. The van der Waals surface area contributed by atoms with E-state index in [0.29, 0.717) is 0 Å². The lowest BCUT2D eigenvalue weighted by atomic mass is 9.83. The molecular weight excluding hydrogens is 258 g/mol. The third-order valence-corrected chi connectivity index (χ3v) is 5.46. The average Bonchev–Trinajstić information content (AvgIpc) is 2.54. The number of piperidine rings is 2. The highest BCUT2D eigenvalue weighted by atomic mass is 15.2. The first-order valence-corrected chi connectivity index (χ1v) is 8.50. The zero-order valence-electron chi connectivity index (χ0n) is 13.5. The fraction of sp³-hybridized carbons (Fsp3) is 0.667. The number of anilines is 1. The van der Waals surface area contributed by atoms with E-state index in [1.807, 2.05) is 0 Å². The van der Waals surface area contributed by atoms with Gasteiger partial charge in [0.1, 0.15) is 0 Å². The predicted octanol–water partition coefficient (Wildman–Crippen LogP) is 3.02. The van der Waals surface area contributed by atoms with E-state index < -0.39 is 0 Å². The fourth-order valence-corrected chi connectivity index (χ4v) is 4.18. The Morgan fingerprint density at radius 1 is 1.24 bits per heavy atom. The number of benzene rings is 1. The molecule has 1 aromatic carbocycles. The minimum atomic E-state index is 0.160. The Labute approximate surface area is 129 Å². The number of fused-ring (bicyclic) bond motifs is 1. The maximum absolute atomic E-state index is 6.32. The third-order valence-electron chi connectivity index (χ3n) is 5.46. The second-order valence-corrected chi connectivity index (χ2v) is 6.76. The molecule has 2 N–H and O–H groups in total. The number of rotatable bonds is 3. The van der Waals surface area contributed by atoms with Crippen LogP contribution < -0.4 is 10.6 Å². The van der Waals surface area contributed by atoms with Crippen molar-refractivity contribution in [3.05, 3.63) is 29.8 Å². The largest absolute Gasteiger partial charge is 0.371 e. The van der Waals surface area contributed by atoms with Crippen LogP contribution in [0.2, 0.25) is 0 Å². The summed E-state index contributed by atoms with van der Waals surface area (Å²) in [5.74, 6) is 0.823. The normalized spacial score (nSPS) is 28.2. The van der Waals surface area contributed by atoms with E-state index in [1.165, 1.54) is 50.1 Å². The van der Waals surface area contributed by atoms with Crippen molar-refractivity contribution in [2.75, 3.05) is 31.6 Å². The summed E-state index contributed by atoms with van der Waals surface area (Å²) >= 11 is 0. The second kappa shape index (κ2) is 6.37. The smallest absolute Gasteiger partial charge is 0.0414 e. The van der Waals surface area contributed by atoms with Gasteiger partial charge < -0.3 is 15.5 Å². The van der Waals surface area contributed by atoms with Crippen molar-refractivity contribution in [1.82, 2.24) is 4.90 Å². The summed E-state index contributed by atoms with van der Waals surface area (Å²) in [6.45, 7) is 5.81. The van der Waals surface area contributed by atoms with E-state index in [1.54, 1.807) is 0 Å². The minimum Gasteiger partial charge on any atom is -0.371 e. The zero-order chi connectivity index (χ0) is 14.8. The van der Waals surface area contributed by atoms with Crippen LogP contribution in [0.15, 0.2) is 24.3 Å². The summed E-state index contributed by atoms with van der Waals surface area (Å²) in [7, 11) is 2.30. The number of likely N-dealkylation sites (tertiary alicyclic amines) is 1. The number of hydrogen-bond donors (Lipinski definition) is 1. The molecule has 3 nitrogen and oxygen atoms in total. The van der Waals surface area contributed by atoms with Crippen molar-refractivity contribution in [3.63, 3.8) is 0 Å². The van der Waals surface area contributed by atoms with Gasteiger partial charge in [-0.3, -0.25) is 0 Å². The monoisotopic (exact) mass is 287 g/mol. The van der Waals surface area contributed by atoms with Gasteiger partial charge in [-0.15, -0.1) is 0 Å². The topological polar surface area (TPSA) is 32.5 Å². The molecule has 2 unspecified atom stereocenters. The van der Waals surface area contributed by atoms with Gasteiger partial charge in [0.2, 0.25) is 0 Å². The number of nitrogens with two attached hydrogens (primary N) is 1. The first kappa shape index (κ1) is 14.9. The Morgan fingerprint density at radius 3 is 2.86 bits per heavy atom. The molecule has 3 heteroatoms. The van der Waals surface area contributed by atoms with Crippen molar-refractivity contribution in [2.45, 2.75) is 44.7 Å². The molecule has 0 radical (unpaired) electrons. The highest BCUT2D eigenvalue weighted by molar-refractivity contribution is 5.55. The van der Waals surface area contributed by atoms with Gasteiger partial charge in [-0.2, -0.15) is 0 Å². The van der Waals surface area contributed by atoms with Gasteiger partial charge in [0.15, 0.2) is 0 Å². The third kappa shape index (κ3) is 2.95. The van der Waals surface area contributed by atoms with Crippen LogP contribution in [0.1, 0.15) is 44.2 Å². The van der Waals surface area contributed by atoms with Gasteiger partial charge in [-0.25, -0.2) is 0 Å². The maximum atomic E-state index is 6.32. The van der Waals surface area contributed by atoms with Crippen molar-refractivity contribution >= 4 is 5.69 Å². The van der Waals surface area contributed by atoms with Crippen LogP contribution in [-0.4, -0.2) is 37.6 Å². The lowest BCUT2D eigenvalue weighted by Crippen LogP contribution is -2.53. The van der Waals surface area contributed by atoms with Gasteiger partial charge in [0.05, 0.1) is 0 Å². The molecule has 21 heavy (non-hydrogen) atoms. The number of nitrogens with zero attached hydrogens (tertiary/aromatic N) is 2. The van der Waals surface area contributed by atoms with Crippen molar-refractivity contribution in [1.29, 1.82) is 0 Å².